The summed E-state index contributed by atoms with van der Waals surface area (Å²) in [4.78, 5) is 23.2. The van der Waals surface area contributed by atoms with Crippen LogP contribution in [0.3, 0.4) is 0 Å². The molecule has 5 heteroatoms. The number of carbonyl (C=O) groups is 2. The summed E-state index contributed by atoms with van der Waals surface area (Å²) in [6, 6.07) is 4.71. The Morgan fingerprint density at radius 2 is 2.25 bits per heavy atom. The minimum absolute atomic E-state index is 0.0959. The van der Waals surface area contributed by atoms with Crippen LogP contribution in [0.2, 0.25) is 0 Å². The highest BCUT2D eigenvalue weighted by atomic mass is 16.5. The number of amides is 2. The van der Waals surface area contributed by atoms with E-state index < -0.39 is 5.91 Å². The minimum Gasteiger partial charge on any atom is -0.495 e. The van der Waals surface area contributed by atoms with Gasteiger partial charge in [-0.25, -0.2) is 0 Å². The van der Waals surface area contributed by atoms with Crippen LogP contribution in [-0.4, -0.2) is 18.9 Å². The summed E-state index contributed by atoms with van der Waals surface area (Å²) >= 11 is 0. The van der Waals surface area contributed by atoms with E-state index in [-0.39, 0.29) is 5.91 Å². The second-order valence-electron chi connectivity index (χ2n) is 4.80. The molecule has 20 heavy (non-hydrogen) atoms. The Morgan fingerprint density at radius 3 is 2.85 bits per heavy atom. The van der Waals surface area contributed by atoms with Crippen molar-refractivity contribution in [2.75, 3.05) is 12.4 Å². The zero-order valence-corrected chi connectivity index (χ0v) is 11.4. The molecule has 3 N–H and O–H groups in total. The Kier molecular flexibility index (Phi) is 4.40. The molecule has 0 bridgehead atoms. The van der Waals surface area contributed by atoms with Crippen LogP contribution in [0.25, 0.3) is 0 Å². The molecular weight excluding hydrogens is 256 g/mol. The number of anilines is 1. The van der Waals surface area contributed by atoms with E-state index in [0.717, 1.165) is 12.8 Å². The van der Waals surface area contributed by atoms with Crippen LogP contribution >= 0.6 is 0 Å². The highest BCUT2D eigenvalue weighted by Gasteiger charge is 2.16. The summed E-state index contributed by atoms with van der Waals surface area (Å²) in [6.07, 6.45) is 6.62. The van der Waals surface area contributed by atoms with Crippen molar-refractivity contribution in [2.24, 2.45) is 11.7 Å². The Balaban J connectivity index is 2.09. The number of methoxy groups -OCH3 is 1. The number of carbonyl (C=O) groups excluding carboxylic acids is 2. The molecule has 1 aromatic rings. The number of ether oxygens (including phenoxy) is 1. The average molecular weight is 274 g/mol. The topological polar surface area (TPSA) is 81.4 Å². The van der Waals surface area contributed by atoms with Crippen molar-refractivity contribution in [2.45, 2.75) is 19.3 Å². The number of nitrogens with one attached hydrogen (secondary N) is 1. The number of allylic oxidation sites excluding steroid dienone is 2. The molecule has 0 aromatic heterocycles. The predicted octanol–water partition coefficient (Wildman–Crippen LogP) is 2.09. The van der Waals surface area contributed by atoms with E-state index in [2.05, 4.69) is 17.5 Å². The van der Waals surface area contributed by atoms with E-state index in [1.54, 1.807) is 12.1 Å². The number of primary amides is 1. The Bertz CT molecular complexity index is 552. The zero-order chi connectivity index (χ0) is 14.5. The summed E-state index contributed by atoms with van der Waals surface area (Å²) in [5.41, 5.74) is 6.04. The van der Waals surface area contributed by atoms with Crippen LogP contribution in [0.1, 0.15) is 29.6 Å². The molecule has 0 fully saturated rings. The zero-order valence-electron chi connectivity index (χ0n) is 11.4. The van der Waals surface area contributed by atoms with Crippen molar-refractivity contribution >= 4 is 17.5 Å². The molecule has 1 aliphatic carbocycles. The van der Waals surface area contributed by atoms with Gasteiger partial charge in [0.1, 0.15) is 5.75 Å². The molecule has 106 valence electrons. The van der Waals surface area contributed by atoms with Gasteiger partial charge < -0.3 is 15.8 Å². The van der Waals surface area contributed by atoms with Crippen LogP contribution in [0.15, 0.2) is 30.4 Å². The van der Waals surface area contributed by atoms with E-state index in [4.69, 9.17) is 10.5 Å². The van der Waals surface area contributed by atoms with E-state index in [1.165, 1.54) is 13.2 Å². The largest absolute Gasteiger partial charge is 0.495 e. The quantitative estimate of drug-likeness (QED) is 0.807. The fraction of sp³-hybridized carbons (Fsp3) is 0.333. The highest BCUT2D eigenvalue weighted by Crippen LogP contribution is 2.27. The van der Waals surface area contributed by atoms with Crippen LogP contribution in [0.4, 0.5) is 5.69 Å². The Morgan fingerprint density at radius 1 is 1.45 bits per heavy atom. The summed E-state index contributed by atoms with van der Waals surface area (Å²) in [5, 5.41) is 2.78. The van der Waals surface area contributed by atoms with Crippen molar-refractivity contribution in [1.82, 2.24) is 0 Å². The van der Waals surface area contributed by atoms with E-state index in [0.29, 0.717) is 29.3 Å². The monoisotopic (exact) mass is 274 g/mol. The number of benzene rings is 1. The fourth-order valence-electron chi connectivity index (χ4n) is 2.26. The van der Waals surface area contributed by atoms with Crippen molar-refractivity contribution < 1.29 is 14.3 Å². The summed E-state index contributed by atoms with van der Waals surface area (Å²) < 4.78 is 5.17. The number of nitrogens with two attached hydrogens (primary N) is 1. The Hall–Kier alpha value is -2.30. The standard InChI is InChI=1S/C15H18N2O3/c1-20-13-7-6-11(15(16)19)9-12(13)17-14(18)8-10-4-2-3-5-10/h2,4,6-7,9-10H,3,5,8H2,1H3,(H2,16,19)(H,17,18). The molecule has 2 rings (SSSR count). The molecule has 0 spiro atoms. The summed E-state index contributed by atoms with van der Waals surface area (Å²) in [5.74, 6) is 0.161. The fourth-order valence-corrected chi connectivity index (χ4v) is 2.26. The highest BCUT2D eigenvalue weighted by molar-refractivity contribution is 5.97. The summed E-state index contributed by atoms with van der Waals surface area (Å²) in [7, 11) is 1.51. The molecule has 1 aliphatic rings. The van der Waals surface area contributed by atoms with Gasteiger partial charge in [-0.2, -0.15) is 0 Å². The van der Waals surface area contributed by atoms with Crippen LogP contribution < -0.4 is 15.8 Å². The van der Waals surface area contributed by atoms with Gasteiger partial charge in [0.25, 0.3) is 0 Å². The number of rotatable bonds is 5. The number of hydrogen-bond donors (Lipinski definition) is 2. The van der Waals surface area contributed by atoms with Gasteiger partial charge in [-0.1, -0.05) is 12.2 Å². The maximum Gasteiger partial charge on any atom is 0.248 e. The van der Waals surface area contributed by atoms with Gasteiger partial charge in [0.05, 0.1) is 12.8 Å². The molecule has 0 radical (unpaired) electrons. The first-order chi connectivity index (χ1) is 9.60. The molecule has 0 aliphatic heterocycles. The average Bonchev–Trinajstić information content (AvgIpc) is 2.91. The van der Waals surface area contributed by atoms with Crippen LogP contribution in [0.5, 0.6) is 5.75 Å². The molecule has 0 saturated carbocycles. The maximum atomic E-state index is 12.0. The predicted molar refractivity (Wildman–Crippen MR) is 76.6 cm³/mol. The third kappa shape index (κ3) is 3.38. The van der Waals surface area contributed by atoms with Gasteiger partial charge in [-0.05, 0) is 37.0 Å². The smallest absolute Gasteiger partial charge is 0.248 e. The molecule has 1 aromatic carbocycles. The molecule has 2 amide bonds. The lowest BCUT2D eigenvalue weighted by molar-refractivity contribution is -0.116. The van der Waals surface area contributed by atoms with E-state index in [9.17, 15) is 9.59 Å². The van der Waals surface area contributed by atoms with Gasteiger partial charge in [-0.15, -0.1) is 0 Å². The van der Waals surface area contributed by atoms with Gasteiger partial charge >= 0.3 is 0 Å². The van der Waals surface area contributed by atoms with Crippen molar-refractivity contribution in [3.05, 3.63) is 35.9 Å². The second-order valence-corrected chi connectivity index (χ2v) is 4.80. The second kappa shape index (κ2) is 6.23. The van der Waals surface area contributed by atoms with Gasteiger partial charge in [0.2, 0.25) is 11.8 Å². The first-order valence-electron chi connectivity index (χ1n) is 6.54. The van der Waals surface area contributed by atoms with Gasteiger partial charge in [0, 0.05) is 12.0 Å². The Labute approximate surface area is 117 Å². The maximum absolute atomic E-state index is 12.0. The lowest BCUT2D eigenvalue weighted by Gasteiger charge is -2.12. The SMILES string of the molecule is COc1ccc(C(N)=O)cc1NC(=O)CC1C=CCC1. The minimum atomic E-state index is -0.540. The first kappa shape index (κ1) is 14.1. The first-order valence-corrected chi connectivity index (χ1v) is 6.54. The van der Waals surface area contributed by atoms with E-state index >= 15 is 0 Å². The van der Waals surface area contributed by atoms with Crippen molar-refractivity contribution in [3.63, 3.8) is 0 Å². The van der Waals surface area contributed by atoms with Crippen molar-refractivity contribution in [3.8, 4) is 5.75 Å². The molecule has 0 saturated heterocycles. The lowest BCUT2D eigenvalue weighted by atomic mass is 10.0. The van der Waals surface area contributed by atoms with Gasteiger partial charge in [0.15, 0.2) is 0 Å². The number of hydrogen-bond acceptors (Lipinski definition) is 3. The molecule has 0 heterocycles. The third-order valence-electron chi connectivity index (χ3n) is 3.32. The lowest BCUT2D eigenvalue weighted by Crippen LogP contribution is -2.17. The third-order valence-corrected chi connectivity index (χ3v) is 3.32. The molecule has 1 atom stereocenters. The molecule has 5 nitrogen and oxygen atoms in total. The van der Waals surface area contributed by atoms with Crippen molar-refractivity contribution in [1.29, 1.82) is 0 Å². The van der Waals surface area contributed by atoms with Crippen LogP contribution in [-0.2, 0) is 4.79 Å². The molecular formula is C15H18N2O3. The normalized spacial score (nSPS) is 16.9. The van der Waals surface area contributed by atoms with Gasteiger partial charge in [-0.3, -0.25) is 9.59 Å². The van der Waals surface area contributed by atoms with E-state index in [1.807, 2.05) is 0 Å². The molecule has 1 unspecified atom stereocenters. The summed E-state index contributed by atoms with van der Waals surface area (Å²) in [6.45, 7) is 0. The van der Waals surface area contributed by atoms with Crippen LogP contribution in [0, 0.1) is 5.92 Å².